The number of aliphatic hydroxyl groups excluding tert-OH is 6. The minimum atomic E-state index is -0.954. The first-order valence-electron chi connectivity index (χ1n) is 6.28. The minimum absolute atomic E-state index is 0.319. The largest absolute Gasteiger partial charge is 0.396 e. The molecule has 0 spiro atoms. The standard InChI is InChI=1S/C3H8O3.3C3H8O/c4-1-3(6)2-5;3*1-2-3-4/h3-6H,1-2H2;3*4H,2-3H2,1H3. The quantitative estimate of drug-likeness (QED) is 0.401. The zero-order chi connectivity index (χ0) is 15.2. The summed E-state index contributed by atoms with van der Waals surface area (Å²) in [5, 5.41) is 47.6. The van der Waals surface area contributed by atoms with E-state index in [0.717, 1.165) is 19.3 Å². The molecule has 6 N–H and O–H groups in total. The van der Waals surface area contributed by atoms with Gasteiger partial charge >= 0.3 is 0 Å². The monoisotopic (exact) mass is 272 g/mol. The minimum Gasteiger partial charge on any atom is -0.396 e. The molecule has 0 bridgehead atoms. The molecule has 6 nitrogen and oxygen atoms in total. The lowest BCUT2D eigenvalue weighted by molar-refractivity contribution is 0.0450. The zero-order valence-corrected chi connectivity index (χ0v) is 11.9. The normalized spacial score (nSPS) is 8.33. The Balaban J connectivity index is -0.0000000742. The molecule has 0 saturated carbocycles. The van der Waals surface area contributed by atoms with Crippen molar-refractivity contribution >= 4 is 0 Å². The Hall–Kier alpha value is -0.240. The highest BCUT2D eigenvalue weighted by Crippen LogP contribution is 1.71. The average molecular weight is 272 g/mol. The third-order valence-electron chi connectivity index (χ3n) is 1.09. The van der Waals surface area contributed by atoms with E-state index in [2.05, 4.69) is 0 Å². The lowest BCUT2D eigenvalue weighted by Crippen LogP contribution is -2.15. The molecule has 0 aliphatic heterocycles. The summed E-state index contributed by atoms with van der Waals surface area (Å²) in [6.45, 7) is 6.02. The maximum absolute atomic E-state index is 8.17. The molecule has 0 aliphatic rings. The maximum Gasteiger partial charge on any atom is 0.100 e. The lowest BCUT2D eigenvalue weighted by Gasteiger charge is -1.96. The first-order valence-corrected chi connectivity index (χ1v) is 6.28. The van der Waals surface area contributed by atoms with Crippen molar-refractivity contribution < 1.29 is 30.6 Å². The van der Waals surface area contributed by atoms with E-state index >= 15 is 0 Å². The Labute approximate surface area is 111 Å². The van der Waals surface area contributed by atoms with Crippen LogP contribution in [0.25, 0.3) is 0 Å². The van der Waals surface area contributed by atoms with Gasteiger partial charge in [0.25, 0.3) is 0 Å². The van der Waals surface area contributed by atoms with Gasteiger partial charge in [-0.25, -0.2) is 0 Å². The summed E-state index contributed by atoms with van der Waals surface area (Å²) >= 11 is 0. The van der Waals surface area contributed by atoms with Crippen molar-refractivity contribution in [2.24, 2.45) is 0 Å². The van der Waals surface area contributed by atoms with E-state index in [0.29, 0.717) is 19.8 Å². The van der Waals surface area contributed by atoms with Crippen LogP contribution in [0.3, 0.4) is 0 Å². The third kappa shape index (κ3) is 75.1. The van der Waals surface area contributed by atoms with Crippen LogP contribution in [0, 0.1) is 0 Å². The van der Waals surface area contributed by atoms with Crippen LogP contribution in [-0.2, 0) is 0 Å². The van der Waals surface area contributed by atoms with Crippen molar-refractivity contribution in [1.82, 2.24) is 0 Å². The van der Waals surface area contributed by atoms with E-state index in [1.807, 2.05) is 20.8 Å². The van der Waals surface area contributed by atoms with E-state index in [4.69, 9.17) is 30.6 Å². The second-order valence-corrected chi connectivity index (χ2v) is 3.19. The first kappa shape index (κ1) is 26.3. The Bertz CT molecular complexity index is 73.1. The predicted octanol–water partition coefficient (Wildman–Crippen LogP) is -0.502. The maximum atomic E-state index is 8.17. The van der Waals surface area contributed by atoms with Crippen LogP contribution < -0.4 is 0 Å². The fourth-order valence-electron chi connectivity index (χ4n) is 0.0577. The van der Waals surface area contributed by atoms with Gasteiger partial charge < -0.3 is 30.6 Å². The second kappa shape index (κ2) is 36.0. The highest BCUT2D eigenvalue weighted by Gasteiger charge is 1.93. The van der Waals surface area contributed by atoms with Crippen molar-refractivity contribution in [2.45, 2.75) is 46.1 Å². The number of hydrogen-bond acceptors (Lipinski definition) is 6. The van der Waals surface area contributed by atoms with Gasteiger partial charge in [0.1, 0.15) is 6.10 Å². The predicted molar refractivity (Wildman–Crippen MR) is 72.3 cm³/mol. The summed E-state index contributed by atoms with van der Waals surface area (Å²) < 4.78 is 0. The van der Waals surface area contributed by atoms with E-state index in [9.17, 15) is 0 Å². The van der Waals surface area contributed by atoms with Crippen LogP contribution in [0.4, 0.5) is 0 Å². The Morgan fingerprint density at radius 1 is 0.611 bits per heavy atom. The Kier molecular flexibility index (Phi) is 52.6. The molecule has 0 aromatic heterocycles. The van der Waals surface area contributed by atoms with Gasteiger partial charge in [-0.1, -0.05) is 20.8 Å². The van der Waals surface area contributed by atoms with Crippen molar-refractivity contribution in [2.75, 3.05) is 33.0 Å². The van der Waals surface area contributed by atoms with Crippen LogP contribution in [-0.4, -0.2) is 69.8 Å². The molecule has 0 amide bonds. The topological polar surface area (TPSA) is 121 Å². The van der Waals surface area contributed by atoms with Gasteiger partial charge in [-0.15, -0.1) is 0 Å². The molecule has 0 fully saturated rings. The van der Waals surface area contributed by atoms with Crippen molar-refractivity contribution in [3.63, 3.8) is 0 Å². The van der Waals surface area contributed by atoms with E-state index in [-0.39, 0.29) is 13.2 Å². The van der Waals surface area contributed by atoms with E-state index in [1.54, 1.807) is 0 Å². The third-order valence-corrected chi connectivity index (χ3v) is 1.09. The molecule has 6 heteroatoms. The zero-order valence-electron chi connectivity index (χ0n) is 11.9. The van der Waals surface area contributed by atoms with Gasteiger partial charge in [-0.05, 0) is 19.3 Å². The summed E-state index contributed by atoms with van der Waals surface area (Å²) in [7, 11) is 0. The molecule has 0 atom stereocenters. The molecule has 116 valence electrons. The van der Waals surface area contributed by atoms with Crippen molar-refractivity contribution in [1.29, 1.82) is 0 Å². The highest BCUT2D eigenvalue weighted by atomic mass is 16.3. The van der Waals surface area contributed by atoms with Gasteiger partial charge in [0, 0.05) is 19.8 Å². The number of hydrogen-bond donors (Lipinski definition) is 6. The van der Waals surface area contributed by atoms with E-state index < -0.39 is 6.10 Å². The summed E-state index contributed by atoms with van der Waals surface area (Å²) in [5.74, 6) is 0. The van der Waals surface area contributed by atoms with Gasteiger partial charge in [0.2, 0.25) is 0 Å². The summed E-state index contributed by atoms with van der Waals surface area (Å²) in [6, 6.07) is 0. The smallest absolute Gasteiger partial charge is 0.100 e. The highest BCUT2D eigenvalue weighted by molar-refractivity contribution is 4.44. The molecule has 0 unspecified atom stereocenters. The molecule has 0 aliphatic carbocycles. The molecule has 18 heavy (non-hydrogen) atoms. The van der Waals surface area contributed by atoms with Crippen LogP contribution in [0.1, 0.15) is 40.0 Å². The van der Waals surface area contributed by atoms with Gasteiger partial charge in [0.15, 0.2) is 0 Å². The molecule has 0 aromatic carbocycles. The lowest BCUT2D eigenvalue weighted by atomic mass is 10.4. The second-order valence-electron chi connectivity index (χ2n) is 3.19. The number of aliphatic hydroxyl groups is 6. The molecule has 0 aromatic rings. The van der Waals surface area contributed by atoms with Crippen LogP contribution in [0.15, 0.2) is 0 Å². The van der Waals surface area contributed by atoms with Crippen LogP contribution >= 0.6 is 0 Å². The molecular weight excluding hydrogens is 240 g/mol. The van der Waals surface area contributed by atoms with Crippen LogP contribution in [0.5, 0.6) is 0 Å². The molecule has 0 heterocycles. The van der Waals surface area contributed by atoms with Crippen molar-refractivity contribution in [3.8, 4) is 0 Å². The Morgan fingerprint density at radius 2 is 0.778 bits per heavy atom. The molecule has 0 rings (SSSR count). The Morgan fingerprint density at radius 3 is 0.778 bits per heavy atom. The summed E-state index contributed by atoms with van der Waals surface area (Å²) in [6.07, 6.45) is 1.67. The van der Waals surface area contributed by atoms with Gasteiger partial charge in [-0.3, -0.25) is 0 Å². The number of rotatable bonds is 5. The van der Waals surface area contributed by atoms with E-state index in [1.165, 1.54) is 0 Å². The fourth-order valence-corrected chi connectivity index (χ4v) is 0.0577. The van der Waals surface area contributed by atoms with Crippen molar-refractivity contribution in [3.05, 3.63) is 0 Å². The molecule has 0 radical (unpaired) electrons. The fraction of sp³-hybridized carbons (Fsp3) is 1.00. The van der Waals surface area contributed by atoms with Crippen LogP contribution in [0.2, 0.25) is 0 Å². The summed E-state index contributed by atoms with van der Waals surface area (Å²) in [4.78, 5) is 0. The SMILES string of the molecule is CCCO.CCCO.CCCO.OCC(O)CO. The summed E-state index contributed by atoms with van der Waals surface area (Å²) in [5.41, 5.74) is 0. The van der Waals surface area contributed by atoms with Gasteiger partial charge in [-0.2, -0.15) is 0 Å². The average Bonchev–Trinajstić information content (AvgIpc) is 2.46. The molecule has 0 saturated heterocycles. The molecular formula is C12H32O6. The van der Waals surface area contributed by atoms with Gasteiger partial charge in [0.05, 0.1) is 13.2 Å². The first-order chi connectivity index (χ1) is 8.55.